The molecule has 1 aliphatic heterocycles. The van der Waals surface area contributed by atoms with E-state index in [4.69, 9.17) is 9.47 Å². The van der Waals surface area contributed by atoms with E-state index in [2.05, 4.69) is 5.32 Å². The predicted octanol–water partition coefficient (Wildman–Crippen LogP) is 2.82. The molecule has 5 nitrogen and oxygen atoms in total. The molecule has 1 unspecified atom stereocenters. The molecule has 1 amide bonds. The number of hydrogen-bond acceptors (Lipinski definition) is 4. The Kier molecular flexibility index (Phi) is 8.51. The molecule has 1 fully saturated rings. The minimum Gasteiger partial charge on any atom is -0.491 e. The first-order chi connectivity index (χ1) is 12.7. The van der Waals surface area contributed by atoms with Gasteiger partial charge in [0.1, 0.15) is 24.8 Å². The van der Waals surface area contributed by atoms with Gasteiger partial charge in [0.2, 0.25) is 5.91 Å². The van der Waals surface area contributed by atoms with Gasteiger partial charge in [0, 0.05) is 19.6 Å². The van der Waals surface area contributed by atoms with Crippen molar-refractivity contribution in [3.63, 3.8) is 0 Å². The van der Waals surface area contributed by atoms with E-state index in [-0.39, 0.29) is 36.8 Å². The van der Waals surface area contributed by atoms with Gasteiger partial charge >= 0.3 is 0 Å². The Morgan fingerprint density at radius 2 is 1.96 bits per heavy atom. The average Bonchev–Trinajstić information content (AvgIpc) is 2.68. The zero-order chi connectivity index (χ0) is 18.2. The van der Waals surface area contributed by atoms with Gasteiger partial charge in [0.15, 0.2) is 0 Å². The van der Waals surface area contributed by atoms with Crippen LogP contribution >= 0.6 is 12.4 Å². The third-order valence-corrected chi connectivity index (χ3v) is 4.26. The summed E-state index contributed by atoms with van der Waals surface area (Å²) in [6.45, 7) is 2.60. The smallest absolute Gasteiger partial charge is 0.249 e. The summed E-state index contributed by atoms with van der Waals surface area (Å²) in [4.78, 5) is 14.3. The number of ether oxygens (including phenoxy) is 2. The zero-order valence-electron chi connectivity index (χ0n) is 15.0. The summed E-state index contributed by atoms with van der Waals surface area (Å²) in [5, 5.41) is 3.26. The number of hydrogen-bond donors (Lipinski definition) is 1. The summed E-state index contributed by atoms with van der Waals surface area (Å²) in [6.07, 6.45) is 0. The van der Waals surface area contributed by atoms with Crippen molar-refractivity contribution in [2.24, 2.45) is 0 Å². The normalized spacial score (nSPS) is 16.5. The highest BCUT2D eigenvalue weighted by Crippen LogP contribution is 2.23. The van der Waals surface area contributed by atoms with Crippen LogP contribution in [0.4, 0.5) is 4.39 Å². The van der Waals surface area contributed by atoms with Crippen LogP contribution in [0.1, 0.15) is 11.6 Å². The lowest BCUT2D eigenvalue weighted by Gasteiger charge is -2.36. The Bertz CT molecular complexity index is 717. The van der Waals surface area contributed by atoms with Crippen LogP contribution < -0.4 is 10.1 Å². The van der Waals surface area contributed by atoms with Gasteiger partial charge in [-0.3, -0.25) is 4.79 Å². The molecule has 1 saturated heterocycles. The highest BCUT2D eigenvalue weighted by Gasteiger charge is 2.27. The SMILES string of the molecule is Cl.O=C(COCCOc1ccccc1)N1CCNCC1c1cccc(F)c1. The third-order valence-electron chi connectivity index (χ3n) is 4.26. The van der Waals surface area contributed by atoms with Crippen LogP contribution in [0.3, 0.4) is 0 Å². The van der Waals surface area contributed by atoms with E-state index < -0.39 is 0 Å². The second-order valence-corrected chi connectivity index (χ2v) is 6.08. The van der Waals surface area contributed by atoms with Crippen molar-refractivity contribution in [1.29, 1.82) is 0 Å². The van der Waals surface area contributed by atoms with E-state index in [1.165, 1.54) is 12.1 Å². The first kappa shape index (κ1) is 21.2. The molecule has 1 aliphatic rings. The molecule has 146 valence electrons. The van der Waals surface area contributed by atoms with Crippen LogP contribution in [0.2, 0.25) is 0 Å². The van der Waals surface area contributed by atoms with E-state index in [1.54, 1.807) is 11.0 Å². The maximum Gasteiger partial charge on any atom is 0.249 e. The first-order valence-corrected chi connectivity index (χ1v) is 8.75. The lowest BCUT2D eigenvalue weighted by Crippen LogP contribution is -2.49. The Morgan fingerprint density at radius 3 is 2.74 bits per heavy atom. The van der Waals surface area contributed by atoms with Gasteiger partial charge < -0.3 is 19.7 Å². The Morgan fingerprint density at radius 1 is 1.15 bits per heavy atom. The highest BCUT2D eigenvalue weighted by atomic mass is 35.5. The fourth-order valence-corrected chi connectivity index (χ4v) is 2.99. The standard InChI is InChI=1S/C20H23FN2O3.ClH/c21-17-6-4-5-16(13-17)19-14-22-9-10-23(19)20(24)15-25-11-12-26-18-7-2-1-3-8-18;/h1-8,13,19,22H,9-12,14-15H2;1H. The first-order valence-electron chi connectivity index (χ1n) is 8.75. The van der Waals surface area contributed by atoms with Crippen LogP contribution in [0.25, 0.3) is 0 Å². The highest BCUT2D eigenvalue weighted by molar-refractivity contribution is 5.85. The van der Waals surface area contributed by atoms with Gasteiger partial charge in [-0.2, -0.15) is 0 Å². The molecule has 27 heavy (non-hydrogen) atoms. The summed E-state index contributed by atoms with van der Waals surface area (Å²) >= 11 is 0. The third kappa shape index (κ3) is 6.20. The number of nitrogens with one attached hydrogen (secondary N) is 1. The average molecular weight is 395 g/mol. The lowest BCUT2D eigenvalue weighted by atomic mass is 10.0. The van der Waals surface area contributed by atoms with E-state index in [1.807, 2.05) is 36.4 Å². The fraction of sp³-hybridized carbons (Fsp3) is 0.350. The molecule has 0 bridgehead atoms. The van der Waals surface area contributed by atoms with Crippen molar-refractivity contribution in [1.82, 2.24) is 10.2 Å². The summed E-state index contributed by atoms with van der Waals surface area (Å²) in [6, 6.07) is 15.7. The van der Waals surface area contributed by atoms with Gasteiger partial charge in [0.25, 0.3) is 0 Å². The molecule has 0 radical (unpaired) electrons. The van der Waals surface area contributed by atoms with Crippen LogP contribution in [-0.2, 0) is 9.53 Å². The number of nitrogens with zero attached hydrogens (tertiary/aromatic N) is 1. The van der Waals surface area contributed by atoms with Gasteiger partial charge in [-0.05, 0) is 29.8 Å². The summed E-state index contributed by atoms with van der Waals surface area (Å²) in [5.41, 5.74) is 0.790. The van der Waals surface area contributed by atoms with Crippen molar-refractivity contribution in [3.8, 4) is 5.75 Å². The predicted molar refractivity (Wildman–Crippen MR) is 104 cm³/mol. The van der Waals surface area contributed by atoms with Crippen molar-refractivity contribution < 1.29 is 18.7 Å². The number of piperazine rings is 1. The molecular weight excluding hydrogens is 371 g/mol. The van der Waals surface area contributed by atoms with E-state index in [0.29, 0.717) is 32.8 Å². The number of benzene rings is 2. The second kappa shape index (κ2) is 10.9. The molecule has 0 spiro atoms. The number of rotatable bonds is 7. The topological polar surface area (TPSA) is 50.8 Å². The number of amides is 1. The van der Waals surface area contributed by atoms with Crippen molar-refractivity contribution >= 4 is 18.3 Å². The Labute approximate surface area is 164 Å². The molecule has 0 aromatic heterocycles. The molecule has 0 aliphatic carbocycles. The summed E-state index contributed by atoms with van der Waals surface area (Å²) in [7, 11) is 0. The van der Waals surface area contributed by atoms with E-state index >= 15 is 0 Å². The minimum absolute atomic E-state index is 0. The fourth-order valence-electron chi connectivity index (χ4n) is 2.99. The molecule has 0 saturated carbocycles. The summed E-state index contributed by atoms with van der Waals surface area (Å²) in [5.74, 6) is 0.381. The molecule has 1 heterocycles. The Balaban J connectivity index is 0.00000261. The molecule has 1 N–H and O–H groups in total. The zero-order valence-corrected chi connectivity index (χ0v) is 15.8. The lowest BCUT2D eigenvalue weighted by molar-refractivity contribution is -0.139. The van der Waals surface area contributed by atoms with Crippen LogP contribution in [0.5, 0.6) is 5.75 Å². The molecular formula is C20H24ClFN2O3. The molecule has 7 heteroatoms. The van der Waals surface area contributed by atoms with Crippen molar-refractivity contribution in [2.75, 3.05) is 39.5 Å². The van der Waals surface area contributed by atoms with Crippen molar-refractivity contribution in [2.45, 2.75) is 6.04 Å². The molecule has 2 aromatic carbocycles. The van der Waals surface area contributed by atoms with E-state index in [9.17, 15) is 9.18 Å². The number of para-hydroxylation sites is 1. The monoisotopic (exact) mass is 394 g/mol. The largest absolute Gasteiger partial charge is 0.491 e. The van der Waals surface area contributed by atoms with Gasteiger partial charge in [0.05, 0.1) is 12.6 Å². The van der Waals surface area contributed by atoms with Gasteiger partial charge in [-0.1, -0.05) is 30.3 Å². The maximum absolute atomic E-state index is 13.5. The van der Waals surface area contributed by atoms with Crippen LogP contribution in [-0.4, -0.2) is 50.3 Å². The van der Waals surface area contributed by atoms with Crippen molar-refractivity contribution in [3.05, 3.63) is 66.0 Å². The Hall–Kier alpha value is -2.15. The quantitative estimate of drug-likeness (QED) is 0.734. The second-order valence-electron chi connectivity index (χ2n) is 6.08. The number of carbonyl (C=O) groups is 1. The summed E-state index contributed by atoms with van der Waals surface area (Å²) < 4.78 is 24.5. The number of carbonyl (C=O) groups excluding carboxylic acids is 1. The van der Waals surface area contributed by atoms with Gasteiger partial charge in [-0.25, -0.2) is 4.39 Å². The molecule has 3 rings (SSSR count). The van der Waals surface area contributed by atoms with E-state index in [0.717, 1.165) is 11.3 Å². The van der Waals surface area contributed by atoms with Crippen LogP contribution in [0, 0.1) is 5.82 Å². The molecule has 1 atom stereocenters. The number of halogens is 2. The van der Waals surface area contributed by atoms with Crippen LogP contribution in [0.15, 0.2) is 54.6 Å². The molecule has 2 aromatic rings. The van der Waals surface area contributed by atoms with Gasteiger partial charge in [-0.15, -0.1) is 12.4 Å². The maximum atomic E-state index is 13.5. The minimum atomic E-state index is -0.296.